The molecule has 0 spiro atoms. The van der Waals surface area contributed by atoms with Crippen LogP contribution in [-0.4, -0.2) is 16.9 Å². The molecule has 1 fully saturated rings. The van der Waals surface area contributed by atoms with Crippen molar-refractivity contribution in [2.24, 2.45) is 13.0 Å². The summed E-state index contributed by atoms with van der Waals surface area (Å²) >= 11 is 0. The average molecular weight is 271 g/mol. The molecule has 2 unspecified atom stereocenters. The smallest absolute Gasteiger partial charge is 0.129 e. The Morgan fingerprint density at radius 2 is 2.10 bits per heavy atom. The number of nitrogens with zero attached hydrogens (tertiary/aromatic N) is 2. The lowest BCUT2D eigenvalue weighted by Crippen LogP contribution is -1.98. The monoisotopic (exact) mass is 271 g/mol. The van der Waals surface area contributed by atoms with Crippen LogP contribution in [0.1, 0.15) is 30.5 Å². The summed E-state index contributed by atoms with van der Waals surface area (Å²) in [6.07, 6.45) is 1.19. The van der Waals surface area contributed by atoms with Gasteiger partial charge in [0.15, 0.2) is 0 Å². The molecule has 1 saturated carbocycles. The van der Waals surface area contributed by atoms with Crippen molar-refractivity contribution >= 4 is 5.82 Å². The summed E-state index contributed by atoms with van der Waals surface area (Å²) in [7, 11) is 3.60. The first-order valence-corrected chi connectivity index (χ1v) is 7.00. The lowest BCUT2D eigenvalue weighted by molar-refractivity contribution is 0.416. The van der Waals surface area contributed by atoms with Gasteiger partial charge in [0.05, 0.1) is 18.4 Å². The highest BCUT2D eigenvalue weighted by Gasteiger charge is 2.39. The molecule has 1 aromatic carbocycles. The molecule has 1 aliphatic rings. The number of aromatic nitrogens is 2. The van der Waals surface area contributed by atoms with E-state index < -0.39 is 0 Å². The summed E-state index contributed by atoms with van der Waals surface area (Å²) in [6.45, 7) is 4.34. The molecular formula is C16H21N3O. The topological polar surface area (TPSA) is 53.1 Å². The van der Waals surface area contributed by atoms with Gasteiger partial charge < -0.3 is 10.5 Å². The molecule has 106 valence electrons. The van der Waals surface area contributed by atoms with Crippen LogP contribution in [0.3, 0.4) is 0 Å². The molecule has 2 atom stereocenters. The van der Waals surface area contributed by atoms with Gasteiger partial charge in [-0.25, -0.2) is 0 Å². The molecule has 0 aliphatic heterocycles. The third kappa shape index (κ3) is 1.96. The Bertz CT molecular complexity index is 660. The molecule has 4 heteroatoms. The van der Waals surface area contributed by atoms with Crippen LogP contribution in [0.4, 0.5) is 5.82 Å². The third-order valence-corrected chi connectivity index (χ3v) is 4.20. The molecule has 0 saturated heterocycles. The van der Waals surface area contributed by atoms with Gasteiger partial charge in [-0.2, -0.15) is 5.10 Å². The summed E-state index contributed by atoms with van der Waals surface area (Å²) in [5.74, 6) is 2.78. The normalized spacial score (nSPS) is 21.0. The highest BCUT2D eigenvalue weighted by atomic mass is 16.5. The minimum atomic E-state index is 0.527. The number of ether oxygens (including phenoxy) is 1. The maximum Gasteiger partial charge on any atom is 0.129 e. The fourth-order valence-electron chi connectivity index (χ4n) is 2.81. The molecule has 2 N–H and O–H groups in total. The minimum absolute atomic E-state index is 0.527. The molecule has 0 bridgehead atoms. The number of hydrogen-bond donors (Lipinski definition) is 1. The highest BCUT2D eigenvalue weighted by Crippen LogP contribution is 2.51. The van der Waals surface area contributed by atoms with Gasteiger partial charge in [-0.05, 0) is 31.4 Å². The summed E-state index contributed by atoms with van der Waals surface area (Å²) in [5.41, 5.74) is 10.7. The number of hydrogen-bond acceptors (Lipinski definition) is 3. The van der Waals surface area contributed by atoms with Crippen LogP contribution in [0.2, 0.25) is 0 Å². The predicted molar refractivity (Wildman–Crippen MR) is 80.9 cm³/mol. The maximum atomic E-state index is 6.27. The third-order valence-electron chi connectivity index (χ3n) is 4.20. The molecule has 1 aromatic heterocycles. The van der Waals surface area contributed by atoms with Crippen molar-refractivity contribution in [3.8, 4) is 16.9 Å². The van der Waals surface area contributed by atoms with Crippen molar-refractivity contribution < 1.29 is 4.74 Å². The quantitative estimate of drug-likeness (QED) is 0.933. The second-order valence-electron chi connectivity index (χ2n) is 5.79. The van der Waals surface area contributed by atoms with E-state index >= 15 is 0 Å². The maximum absolute atomic E-state index is 6.27. The van der Waals surface area contributed by atoms with E-state index in [0.29, 0.717) is 17.7 Å². The highest BCUT2D eigenvalue weighted by molar-refractivity contribution is 5.82. The van der Waals surface area contributed by atoms with Crippen molar-refractivity contribution in [1.82, 2.24) is 9.78 Å². The zero-order valence-corrected chi connectivity index (χ0v) is 12.5. The molecule has 4 nitrogen and oxygen atoms in total. The Hall–Kier alpha value is -1.97. The van der Waals surface area contributed by atoms with Gasteiger partial charge in [0.1, 0.15) is 11.6 Å². The second kappa shape index (κ2) is 4.54. The molecule has 1 heterocycles. The van der Waals surface area contributed by atoms with Crippen molar-refractivity contribution in [3.63, 3.8) is 0 Å². The van der Waals surface area contributed by atoms with Gasteiger partial charge in [0.2, 0.25) is 0 Å². The SMILES string of the molecule is COc1ccc(C)cc1-c1c(C2CC2C)nn(C)c1N. The molecular weight excluding hydrogens is 250 g/mol. The van der Waals surface area contributed by atoms with Crippen LogP contribution in [0.25, 0.3) is 11.1 Å². The average Bonchev–Trinajstić information content (AvgIpc) is 3.07. The van der Waals surface area contributed by atoms with Gasteiger partial charge in [-0.3, -0.25) is 4.68 Å². The van der Waals surface area contributed by atoms with E-state index in [4.69, 9.17) is 10.5 Å². The lowest BCUT2D eigenvalue weighted by atomic mass is 9.99. The Balaban J connectivity index is 2.21. The zero-order chi connectivity index (χ0) is 14.4. The number of nitrogen functional groups attached to an aromatic ring is 1. The predicted octanol–water partition coefficient (Wildman–Crippen LogP) is 3.11. The van der Waals surface area contributed by atoms with E-state index in [-0.39, 0.29) is 0 Å². The van der Waals surface area contributed by atoms with Crippen molar-refractivity contribution in [2.75, 3.05) is 12.8 Å². The van der Waals surface area contributed by atoms with Gasteiger partial charge >= 0.3 is 0 Å². The minimum Gasteiger partial charge on any atom is -0.496 e. The number of anilines is 1. The zero-order valence-electron chi connectivity index (χ0n) is 12.5. The standard InChI is InChI=1S/C16H21N3O/c1-9-5-6-13(20-4)12(7-9)14-15(11-8-10(11)2)18-19(3)16(14)17/h5-7,10-11H,8,17H2,1-4H3. The summed E-state index contributed by atoms with van der Waals surface area (Å²) in [4.78, 5) is 0. The summed E-state index contributed by atoms with van der Waals surface area (Å²) in [5, 5.41) is 4.64. The largest absolute Gasteiger partial charge is 0.496 e. The first kappa shape index (κ1) is 13.0. The lowest BCUT2D eigenvalue weighted by Gasteiger charge is -2.11. The Labute approximate surface area is 119 Å². The van der Waals surface area contributed by atoms with E-state index in [1.54, 1.807) is 11.8 Å². The van der Waals surface area contributed by atoms with E-state index in [2.05, 4.69) is 25.0 Å². The number of methoxy groups -OCH3 is 1. The van der Waals surface area contributed by atoms with Crippen LogP contribution in [0.15, 0.2) is 18.2 Å². The van der Waals surface area contributed by atoms with Crippen LogP contribution in [0.5, 0.6) is 5.75 Å². The molecule has 1 aliphatic carbocycles. The van der Waals surface area contributed by atoms with Crippen molar-refractivity contribution in [2.45, 2.75) is 26.2 Å². The number of rotatable bonds is 3. The van der Waals surface area contributed by atoms with E-state index in [1.807, 2.05) is 19.2 Å². The van der Waals surface area contributed by atoms with Crippen LogP contribution >= 0.6 is 0 Å². The summed E-state index contributed by atoms with van der Waals surface area (Å²) < 4.78 is 7.28. The van der Waals surface area contributed by atoms with Gasteiger partial charge in [0, 0.05) is 18.5 Å². The second-order valence-corrected chi connectivity index (χ2v) is 5.79. The van der Waals surface area contributed by atoms with E-state index in [1.165, 1.54) is 12.0 Å². The number of nitrogens with two attached hydrogens (primary N) is 1. The first-order chi connectivity index (χ1) is 9.52. The number of aryl methyl sites for hydroxylation is 2. The fraction of sp³-hybridized carbons (Fsp3) is 0.438. The van der Waals surface area contributed by atoms with Gasteiger partial charge in [-0.15, -0.1) is 0 Å². The fourth-order valence-corrected chi connectivity index (χ4v) is 2.81. The van der Waals surface area contributed by atoms with Crippen LogP contribution < -0.4 is 10.5 Å². The first-order valence-electron chi connectivity index (χ1n) is 7.00. The molecule has 3 rings (SSSR count). The van der Waals surface area contributed by atoms with Crippen LogP contribution in [0, 0.1) is 12.8 Å². The number of benzene rings is 1. The molecule has 0 radical (unpaired) electrons. The summed E-state index contributed by atoms with van der Waals surface area (Å²) in [6, 6.07) is 6.17. The van der Waals surface area contributed by atoms with Crippen molar-refractivity contribution in [1.29, 1.82) is 0 Å². The van der Waals surface area contributed by atoms with Crippen molar-refractivity contribution in [3.05, 3.63) is 29.5 Å². The van der Waals surface area contributed by atoms with E-state index in [9.17, 15) is 0 Å². The van der Waals surface area contributed by atoms with Gasteiger partial charge in [0.25, 0.3) is 0 Å². The molecule has 20 heavy (non-hydrogen) atoms. The van der Waals surface area contributed by atoms with Gasteiger partial charge in [-0.1, -0.05) is 18.6 Å². The molecule has 2 aromatic rings. The van der Waals surface area contributed by atoms with E-state index in [0.717, 1.165) is 22.6 Å². The molecule has 0 amide bonds. The Morgan fingerprint density at radius 3 is 2.70 bits per heavy atom. The Morgan fingerprint density at radius 1 is 1.40 bits per heavy atom. The Kier molecular flexibility index (Phi) is 2.96. The van der Waals surface area contributed by atoms with Crippen LogP contribution in [-0.2, 0) is 7.05 Å².